The van der Waals surface area contributed by atoms with Gasteiger partial charge < -0.3 is 19.7 Å². The Morgan fingerprint density at radius 1 is 1.03 bits per heavy atom. The van der Waals surface area contributed by atoms with Crippen molar-refractivity contribution in [3.8, 4) is 11.5 Å². The first kappa shape index (κ1) is 22.7. The molecule has 0 saturated heterocycles. The largest absolute Gasteiger partial charge is 0.497 e. The molecule has 0 bridgehead atoms. The molecule has 0 radical (unpaired) electrons. The van der Waals surface area contributed by atoms with E-state index in [2.05, 4.69) is 5.32 Å². The van der Waals surface area contributed by atoms with E-state index in [1.807, 2.05) is 42.5 Å². The predicted octanol–water partition coefficient (Wildman–Crippen LogP) is 3.94. The molecule has 0 heterocycles. The predicted molar refractivity (Wildman–Crippen MR) is 120 cm³/mol. The molecule has 2 aromatic rings. The lowest BCUT2D eigenvalue weighted by atomic mass is 9.95. The summed E-state index contributed by atoms with van der Waals surface area (Å²) in [6.45, 7) is 1.95. The Balaban J connectivity index is 1.71. The molecule has 1 atom stereocenters. The van der Waals surface area contributed by atoms with E-state index in [0.717, 1.165) is 31.2 Å². The van der Waals surface area contributed by atoms with Crippen LogP contribution in [0.2, 0.25) is 0 Å². The van der Waals surface area contributed by atoms with Gasteiger partial charge in [-0.05, 0) is 49.6 Å². The van der Waals surface area contributed by atoms with Gasteiger partial charge in [0.15, 0.2) is 6.61 Å². The van der Waals surface area contributed by atoms with Crippen molar-refractivity contribution in [3.63, 3.8) is 0 Å². The molecule has 0 aromatic heterocycles. The smallest absolute Gasteiger partial charge is 0.261 e. The van der Waals surface area contributed by atoms with Crippen molar-refractivity contribution in [1.82, 2.24) is 10.2 Å². The second-order valence-corrected chi connectivity index (χ2v) is 7.99. The van der Waals surface area contributed by atoms with Gasteiger partial charge in [-0.3, -0.25) is 9.59 Å². The highest BCUT2D eigenvalue weighted by molar-refractivity contribution is 5.88. The molecule has 31 heavy (non-hydrogen) atoms. The van der Waals surface area contributed by atoms with Gasteiger partial charge in [0.2, 0.25) is 5.91 Å². The fraction of sp³-hybridized carbons (Fsp3) is 0.440. The summed E-state index contributed by atoms with van der Waals surface area (Å²) >= 11 is 0. The maximum atomic E-state index is 13.1. The van der Waals surface area contributed by atoms with E-state index in [-0.39, 0.29) is 24.5 Å². The topological polar surface area (TPSA) is 67.9 Å². The van der Waals surface area contributed by atoms with Gasteiger partial charge in [-0.25, -0.2) is 0 Å². The number of ether oxygens (including phenoxy) is 2. The number of amides is 2. The fourth-order valence-electron chi connectivity index (χ4n) is 3.86. The summed E-state index contributed by atoms with van der Waals surface area (Å²) in [5.41, 5.74) is 0.893. The molecule has 166 valence electrons. The number of nitrogens with zero attached hydrogens (tertiary/aromatic N) is 1. The van der Waals surface area contributed by atoms with Gasteiger partial charge in [0.05, 0.1) is 7.11 Å². The molecule has 0 aliphatic heterocycles. The Kier molecular flexibility index (Phi) is 8.33. The van der Waals surface area contributed by atoms with Crippen LogP contribution in [0.3, 0.4) is 0 Å². The Hall–Kier alpha value is -3.02. The van der Waals surface area contributed by atoms with Gasteiger partial charge in [-0.2, -0.15) is 0 Å². The first-order valence-electron chi connectivity index (χ1n) is 11.0. The lowest BCUT2D eigenvalue weighted by Gasteiger charge is -2.31. The summed E-state index contributed by atoms with van der Waals surface area (Å²) in [5, 5.41) is 3.14. The molecule has 1 aliphatic carbocycles. The monoisotopic (exact) mass is 424 g/mol. The average Bonchev–Trinajstić information content (AvgIpc) is 2.82. The number of hydrogen-bond acceptors (Lipinski definition) is 4. The third-order valence-electron chi connectivity index (χ3n) is 5.71. The normalized spacial score (nSPS) is 15.0. The number of para-hydroxylation sites is 1. The number of carbonyl (C=O) groups is 2. The van der Waals surface area contributed by atoms with Crippen LogP contribution in [0, 0.1) is 0 Å². The fourth-order valence-corrected chi connectivity index (χ4v) is 3.86. The van der Waals surface area contributed by atoms with Crippen LogP contribution < -0.4 is 14.8 Å². The summed E-state index contributed by atoms with van der Waals surface area (Å²) in [5.74, 6) is 0.974. The van der Waals surface area contributed by atoms with Crippen molar-refractivity contribution in [1.29, 1.82) is 0 Å². The highest BCUT2D eigenvalue weighted by atomic mass is 16.5. The minimum Gasteiger partial charge on any atom is -0.497 e. The van der Waals surface area contributed by atoms with E-state index in [4.69, 9.17) is 9.47 Å². The van der Waals surface area contributed by atoms with Gasteiger partial charge in [-0.1, -0.05) is 49.6 Å². The Labute approximate surface area is 184 Å². The first-order chi connectivity index (χ1) is 15.1. The maximum absolute atomic E-state index is 13.1. The SMILES string of the molecule is COc1cccc(CN(C(=O)COc2ccccc2)[C@@H](C)C(=O)NC2CCCCC2)c1. The van der Waals surface area contributed by atoms with Crippen LogP contribution in [-0.2, 0) is 16.1 Å². The van der Waals surface area contributed by atoms with Gasteiger partial charge in [0.1, 0.15) is 17.5 Å². The van der Waals surface area contributed by atoms with Gasteiger partial charge in [0.25, 0.3) is 5.91 Å². The first-order valence-corrected chi connectivity index (χ1v) is 11.0. The maximum Gasteiger partial charge on any atom is 0.261 e. The van der Waals surface area contributed by atoms with Crippen LogP contribution >= 0.6 is 0 Å². The van der Waals surface area contributed by atoms with E-state index in [1.165, 1.54) is 6.42 Å². The molecule has 0 unspecified atom stereocenters. The zero-order valence-electron chi connectivity index (χ0n) is 18.4. The van der Waals surface area contributed by atoms with Crippen molar-refractivity contribution in [2.24, 2.45) is 0 Å². The van der Waals surface area contributed by atoms with E-state index >= 15 is 0 Å². The summed E-state index contributed by atoms with van der Waals surface area (Å²) in [7, 11) is 1.61. The number of hydrogen-bond donors (Lipinski definition) is 1. The van der Waals surface area contributed by atoms with Crippen LogP contribution in [-0.4, -0.2) is 42.5 Å². The highest BCUT2D eigenvalue weighted by Gasteiger charge is 2.28. The van der Waals surface area contributed by atoms with Crippen molar-refractivity contribution in [2.75, 3.05) is 13.7 Å². The molecule has 1 aliphatic rings. The van der Waals surface area contributed by atoms with E-state index < -0.39 is 6.04 Å². The molecule has 1 fully saturated rings. The van der Waals surface area contributed by atoms with Crippen LogP contribution in [0.5, 0.6) is 11.5 Å². The number of methoxy groups -OCH3 is 1. The molecule has 1 saturated carbocycles. The van der Waals surface area contributed by atoms with Crippen molar-refractivity contribution < 1.29 is 19.1 Å². The molecule has 0 spiro atoms. The lowest BCUT2D eigenvalue weighted by Crippen LogP contribution is -2.51. The van der Waals surface area contributed by atoms with E-state index in [0.29, 0.717) is 18.0 Å². The highest BCUT2D eigenvalue weighted by Crippen LogP contribution is 2.19. The number of benzene rings is 2. The van der Waals surface area contributed by atoms with E-state index in [1.54, 1.807) is 31.1 Å². The van der Waals surface area contributed by atoms with Crippen LogP contribution in [0.1, 0.15) is 44.6 Å². The zero-order valence-corrected chi connectivity index (χ0v) is 18.4. The van der Waals surface area contributed by atoms with Crippen LogP contribution in [0.4, 0.5) is 0 Å². The van der Waals surface area contributed by atoms with Crippen molar-refractivity contribution in [2.45, 2.75) is 57.7 Å². The van der Waals surface area contributed by atoms with Gasteiger partial charge >= 0.3 is 0 Å². The third kappa shape index (κ3) is 6.74. The Bertz CT molecular complexity index is 850. The summed E-state index contributed by atoms with van der Waals surface area (Å²) < 4.78 is 11.0. The number of carbonyl (C=O) groups excluding carboxylic acids is 2. The minimum absolute atomic E-state index is 0.122. The molecular weight excluding hydrogens is 392 g/mol. The summed E-state index contributed by atoms with van der Waals surface area (Å²) in [6, 6.07) is 16.3. The molecular formula is C25H32N2O4. The Morgan fingerprint density at radius 2 is 1.74 bits per heavy atom. The average molecular weight is 425 g/mol. The molecule has 3 rings (SSSR count). The third-order valence-corrected chi connectivity index (χ3v) is 5.71. The van der Waals surface area contributed by atoms with Gasteiger partial charge in [-0.15, -0.1) is 0 Å². The van der Waals surface area contributed by atoms with Crippen molar-refractivity contribution in [3.05, 3.63) is 60.2 Å². The molecule has 6 heteroatoms. The molecule has 2 aromatic carbocycles. The quantitative estimate of drug-likeness (QED) is 0.662. The molecule has 6 nitrogen and oxygen atoms in total. The summed E-state index contributed by atoms with van der Waals surface area (Å²) in [6.07, 6.45) is 5.49. The second-order valence-electron chi connectivity index (χ2n) is 7.99. The standard InChI is InChI=1S/C25H32N2O4/c1-19(25(29)26-21-11-5-3-6-12-21)27(17-20-10-9-15-23(16-20)30-2)24(28)18-31-22-13-7-4-8-14-22/h4,7-10,13-16,19,21H,3,5-6,11-12,17-18H2,1-2H3,(H,26,29)/t19-/m0/s1. The molecule has 2 amide bonds. The Morgan fingerprint density at radius 3 is 2.45 bits per heavy atom. The second kappa shape index (κ2) is 11.4. The zero-order chi connectivity index (χ0) is 22.1. The number of nitrogens with one attached hydrogen (secondary N) is 1. The minimum atomic E-state index is -0.611. The molecule has 1 N–H and O–H groups in total. The lowest BCUT2D eigenvalue weighted by molar-refractivity contribution is -0.142. The van der Waals surface area contributed by atoms with Crippen LogP contribution in [0.25, 0.3) is 0 Å². The van der Waals surface area contributed by atoms with Crippen LogP contribution in [0.15, 0.2) is 54.6 Å². The number of rotatable bonds is 9. The van der Waals surface area contributed by atoms with Gasteiger partial charge in [0, 0.05) is 12.6 Å². The van der Waals surface area contributed by atoms with Crippen molar-refractivity contribution >= 4 is 11.8 Å². The van der Waals surface area contributed by atoms with E-state index in [9.17, 15) is 9.59 Å². The summed E-state index contributed by atoms with van der Waals surface area (Å²) in [4.78, 5) is 27.7.